The number of carbonyl (C=O) groups excluding carboxylic acids is 2. The van der Waals surface area contributed by atoms with E-state index in [0.29, 0.717) is 0 Å². The molecule has 1 rings (SSSR count). The van der Waals surface area contributed by atoms with Gasteiger partial charge in [-0.15, -0.1) is 0 Å². The smallest absolute Gasteiger partial charge is 0.331 e. The zero-order chi connectivity index (χ0) is 12.8. The highest BCUT2D eigenvalue weighted by Gasteiger charge is 2.30. The van der Waals surface area contributed by atoms with Crippen molar-refractivity contribution in [3.8, 4) is 0 Å². The van der Waals surface area contributed by atoms with Crippen molar-refractivity contribution in [1.82, 2.24) is 10.6 Å². The highest BCUT2D eigenvalue weighted by Crippen LogP contribution is 2.06. The van der Waals surface area contributed by atoms with E-state index in [4.69, 9.17) is 4.74 Å². The van der Waals surface area contributed by atoms with Gasteiger partial charge in [0.1, 0.15) is 0 Å². The molecule has 1 amide bonds. The number of ether oxygens (including phenoxy) is 1. The molecule has 0 aliphatic carbocycles. The monoisotopic (exact) mass is 244 g/mol. The minimum absolute atomic E-state index is 0.222. The van der Waals surface area contributed by atoms with Crippen LogP contribution >= 0.6 is 0 Å². The Kier molecular flexibility index (Phi) is 5.37. The Morgan fingerprint density at radius 1 is 1.59 bits per heavy atom. The van der Waals surface area contributed by atoms with Crippen LogP contribution < -0.4 is 10.6 Å². The lowest BCUT2D eigenvalue weighted by Crippen LogP contribution is -2.53. The van der Waals surface area contributed by atoms with Gasteiger partial charge < -0.3 is 20.5 Å². The summed E-state index contributed by atoms with van der Waals surface area (Å²) in [4.78, 5) is 23.3. The van der Waals surface area contributed by atoms with E-state index in [1.54, 1.807) is 6.92 Å². The molecule has 0 unspecified atom stereocenters. The number of aliphatic hydroxyl groups is 1. The SMILES string of the molecule is CCOC(=O)[C@@H](NC(=O)[C@@H]1CCCN1)[C@H](C)O. The van der Waals surface area contributed by atoms with Gasteiger partial charge in [0, 0.05) is 0 Å². The number of rotatable bonds is 5. The Bertz CT molecular complexity index is 275. The van der Waals surface area contributed by atoms with Gasteiger partial charge in [-0.2, -0.15) is 0 Å². The molecule has 17 heavy (non-hydrogen) atoms. The summed E-state index contributed by atoms with van der Waals surface area (Å²) in [5.74, 6) is -0.865. The maximum Gasteiger partial charge on any atom is 0.331 e. The summed E-state index contributed by atoms with van der Waals surface area (Å²) in [6.45, 7) is 4.15. The van der Waals surface area contributed by atoms with Crippen LogP contribution in [0.3, 0.4) is 0 Å². The van der Waals surface area contributed by atoms with Crippen LogP contribution in [0, 0.1) is 0 Å². The lowest BCUT2D eigenvalue weighted by atomic mass is 10.1. The molecule has 0 aromatic rings. The van der Waals surface area contributed by atoms with Crippen molar-refractivity contribution < 1.29 is 19.4 Å². The second-order valence-electron chi connectivity index (χ2n) is 4.13. The number of hydrogen-bond acceptors (Lipinski definition) is 5. The van der Waals surface area contributed by atoms with Crippen LogP contribution in [0.4, 0.5) is 0 Å². The fraction of sp³-hybridized carbons (Fsp3) is 0.818. The van der Waals surface area contributed by atoms with Gasteiger partial charge in [0.25, 0.3) is 0 Å². The Morgan fingerprint density at radius 3 is 2.76 bits per heavy atom. The summed E-state index contributed by atoms with van der Waals surface area (Å²) in [6, 6.07) is -1.27. The predicted octanol–water partition coefficient (Wildman–Crippen LogP) is -0.833. The number of carbonyl (C=O) groups is 2. The zero-order valence-electron chi connectivity index (χ0n) is 10.2. The molecular formula is C11H20N2O4. The molecule has 3 atom stereocenters. The molecule has 0 spiro atoms. The highest BCUT2D eigenvalue weighted by atomic mass is 16.5. The van der Waals surface area contributed by atoms with Crippen LogP contribution in [-0.4, -0.2) is 48.3 Å². The van der Waals surface area contributed by atoms with E-state index in [-0.39, 0.29) is 18.6 Å². The van der Waals surface area contributed by atoms with Crippen molar-refractivity contribution in [2.75, 3.05) is 13.2 Å². The topological polar surface area (TPSA) is 87.7 Å². The van der Waals surface area contributed by atoms with Crippen molar-refractivity contribution in [3.63, 3.8) is 0 Å². The number of amides is 1. The van der Waals surface area contributed by atoms with E-state index in [0.717, 1.165) is 19.4 Å². The summed E-state index contributed by atoms with van der Waals surface area (Å²) in [5.41, 5.74) is 0. The van der Waals surface area contributed by atoms with Crippen molar-refractivity contribution in [2.45, 2.75) is 44.9 Å². The van der Waals surface area contributed by atoms with Crippen LogP contribution in [0.25, 0.3) is 0 Å². The Hall–Kier alpha value is -1.14. The third-order valence-corrected chi connectivity index (χ3v) is 2.70. The first-order chi connectivity index (χ1) is 8.06. The molecular weight excluding hydrogens is 224 g/mol. The van der Waals surface area contributed by atoms with E-state index in [1.807, 2.05) is 0 Å². The molecule has 1 aliphatic rings. The number of aliphatic hydroxyl groups excluding tert-OH is 1. The van der Waals surface area contributed by atoms with Gasteiger partial charge in [-0.25, -0.2) is 4.79 Å². The van der Waals surface area contributed by atoms with Crippen molar-refractivity contribution >= 4 is 11.9 Å². The lowest BCUT2D eigenvalue weighted by molar-refractivity contribution is -0.150. The lowest BCUT2D eigenvalue weighted by Gasteiger charge is -2.21. The van der Waals surface area contributed by atoms with Crippen molar-refractivity contribution in [3.05, 3.63) is 0 Å². The molecule has 1 heterocycles. The summed E-state index contributed by atoms with van der Waals surface area (Å²) in [5, 5.41) is 15.0. The fourth-order valence-corrected chi connectivity index (χ4v) is 1.77. The number of esters is 1. The van der Waals surface area contributed by atoms with E-state index in [1.165, 1.54) is 6.92 Å². The first-order valence-electron chi connectivity index (χ1n) is 5.94. The van der Waals surface area contributed by atoms with E-state index >= 15 is 0 Å². The molecule has 3 N–H and O–H groups in total. The predicted molar refractivity (Wildman–Crippen MR) is 61.3 cm³/mol. The maximum atomic E-state index is 11.8. The van der Waals surface area contributed by atoms with Crippen molar-refractivity contribution in [2.24, 2.45) is 0 Å². The zero-order valence-corrected chi connectivity index (χ0v) is 10.2. The van der Waals surface area contributed by atoms with Crippen LogP contribution in [0.1, 0.15) is 26.7 Å². The molecule has 0 radical (unpaired) electrons. The minimum atomic E-state index is -0.996. The van der Waals surface area contributed by atoms with Gasteiger partial charge in [0.15, 0.2) is 6.04 Å². The molecule has 6 heteroatoms. The summed E-state index contributed by atoms with van der Waals surface area (Å²) in [6.07, 6.45) is 0.720. The molecule has 6 nitrogen and oxygen atoms in total. The minimum Gasteiger partial charge on any atom is -0.464 e. The first-order valence-corrected chi connectivity index (χ1v) is 5.94. The Morgan fingerprint density at radius 2 is 2.29 bits per heavy atom. The summed E-state index contributed by atoms with van der Waals surface area (Å²) < 4.78 is 4.79. The molecule has 1 fully saturated rings. The average molecular weight is 244 g/mol. The molecule has 1 aliphatic heterocycles. The molecule has 0 saturated carbocycles. The highest BCUT2D eigenvalue weighted by molar-refractivity contribution is 5.88. The second-order valence-corrected chi connectivity index (χ2v) is 4.13. The quantitative estimate of drug-likeness (QED) is 0.549. The van der Waals surface area contributed by atoms with Crippen LogP contribution in [0.5, 0.6) is 0 Å². The normalized spacial score (nSPS) is 22.9. The molecule has 0 aromatic heterocycles. The van der Waals surface area contributed by atoms with Crippen molar-refractivity contribution in [1.29, 1.82) is 0 Å². The van der Waals surface area contributed by atoms with Crippen LogP contribution in [-0.2, 0) is 14.3 Å². The van der Waals surface area contributed by atoms with Gasteiger partial charge in [0.05, 0.1) is 18.8 Å². The average Bonchev–Trinajstić information content (AvgIpc) is 2.78. The Labute approximate surface area is 101 Å². The largest absolute Gasteiger partial charge is 0.464 e. The molecule has 0 bridgehead atoms. The maximum absolute atomic E-state index is 11.8. The third kappa shape index (κ3) is 3.98. The number of hydrogen-bond donors (Lipinski definition) is 3. The van der Waals surface area contributed by atoms with Gasteiger partial charge in [0.2, 0.25) is 5.91 Å². The van der Waals surface area contributed by atoms with Gasteiger partial charge in [-0.3, -0.25) is 4.79 Å². The van der Waals surface area contributed by atoms with Gasteiger partial charge in [-0.05, 0) is 33.2 Å². The van der Waals surface area contributed by atoms with Crippen LogP contribution in [0.2, 0.25) is 0 Å². The number of nitrogens with one attached hydrogen (secondary N) is 2. The first kappa shape index (κ1) is 13.9. The molecule has 0 aromatic carbocycles. The third-order valence-electron chi connectivity index (χ3n) is 2.70. The summed E-state index contributed by atoms with van der Waals surface area (Å²) in [7, 11) is 0. The van der Waals surface area contributed by atoms with E-state index < -0.39 is 18.1 Å². The summed E-state index contributed by atoms with van der Waals surface area (Å²) >= 11 is 0. The van der Waals surface area contributed by atoms with Crippen LogP contribution in [0.15, 0.2) is 0 Å². The fourth-order valence-electron chi connectivity index (χ4n) is 1.77. The van der Waals surface area contributed by atoms with Gasteiger partial charge in [-0.1, -0.05) is 0 Å². The molecule has 98 valence electrons. The Balaban J connectivity index is 2.53. The standard InChI is InChI=1S/C11H20N2O4/c1-3-17-11(16)9(7(2)14)13-10(15)8-5-4-6-12-8/h7-9,12,14H,3-6H2,1-2H3,(H,13,15)/t7-,8-,9-/m0/s1. The van der Waals surface area contributed by atoms with E-state index in [2.05, 4.69) is 10.6 Å². The molecule has 1 saturated heterocycles. The van der Waals surface area contributed by atoms with Gasteiger partial charge >= 0.3 is 5.97 Å². The second kappa shape index (κ2) is 6.56. The van der Waals surface area contributed by atoms with E-state index in [9.17, 15) is 14.7 Å².